The standard InChI is InChI=1S/C14H20FNO3/c1-9(2)19-14(17)8-18-13-5-4-12(15)7-11(13)6-10(3)16/h4-5,7,9-10H,6,8,16H2,1-3H3. The van der Waals surface area contributed by atoms with Gasteiger partial charge in [-0.05, 0) is 51.0 Å². The summed E-state index contributed by atoms with van der Waals surface area (Å²) in [4.78, 5) is 11.4. The van der Waals surface area contributed by atoms with Crippen LogP contribution in [0.2, 0.25) is 0 Å². The molecule has 0 saturated heterocycles. The van der Waals surface area contributed by atoms with Crippen LogP contribution in [0.3, 0.4) is 0 Å². The molecule has 0 aliphatic carbocycles. The summed E-state index contributed by atoms with van der Waals surface area (Å²) in [6, 6.07) is 4.03. The molecule has 0 saturated carbocycles. The minimum Gasteiger partial charge on any atom is -0.482 e. The van der Waals surface area contributed by atoms with Gasteiger partial charge in [0.1, 0.15) is 11.6 Å². The molecule has 106 valence electrons. The van der Waals surface area contributed by atoms with Crippen LogP contribution in [0, 0.1) is 5.82 Å². The Hall–Kier alpha value is -1.62. The fourth-order valence-corrected chi connectivity index (χ4v) is 1.63. The molecule has 1 unspecified atom stereocenters. The van der Waals surface area contributed by atoms with E-state index in [0.29, 0.717) is 17.7 Å². The van der Waals surface area contributed by atoms with Crippen LogP contribution < -0.4 is 10.5 Å². The average molecular weight is 269 g/mol. The lowest BCUT2D eigenvalue weighted by Gasteiger charge is -2.13. The van der Waals surface area contributed by atoms with Crippen LogP contribution in [0.4, 0.5) is 4.39 Å². The van der Waals surface area contributed by atoms with Crippen molar-refractivity contribution >= 4 is 5.97 Å². The van der Waals surface area contributed by atoms with Gasteiger partial charge in [0.25, 0.3) is 0 Å². The Labute approximate surface area is 112 Å². The number of nitrogens with two attached hydrogens (primary N) is 1. The third-order valence-electron chi connectivity index (χ3n) is 2.28. The van der Waals surface area contributed by atoms with Gasteiger partial charge in [0, 0.05) is 6.04 Å². The highest BCUT2D eigenvalue weighted by Crippen LogP contribution is 2.21. The summed E-state index contributed by atoms with van der Waals surface area (Å²) >= 11 is 0. The molecule has 4 nitrogen and oxygen atoms in total. The van der Waals surface area contributed by atoms with Crippen molar-refractivity contribution in [2.45, 2.75) is 39.3 Å². The molecule has 1 aromatic carbocycles. The summed E-state index contributed by atoms with van der Waals surface area (Å²) in [6.07, 6.45) is 0.291. The molecule has 1 rings (SSSR count). The fraction of sp³-hybridized carbons (Fsp3) is 0.500. The van der Waals surface area contributed by atoms with Gasteiger partial charge in [-0.3, -0.25) is 0 Å². The van der Waals surface area contributed by atoms with E-state index in [0.717, 1.165) is 0 Å². The van der Waals surface area contributed by atoms with E-state index in [9.17, 15) is 9.18 Å². The lowest BCUT2D eigenvalue weighted by molar-refractivity contribution is -0.149. The van der Waals surface area contributed by atoms with Crippen LogP contribution in [0.1, 0.15) is 26.3 Å². The van der Waals surface area contributed by atoms with Crippen molar-refractivity contribution in [3.63, 3.8) is 0 Å². The number of benzene rings is 1. The molecule has 0 heterocycles. The Balaban J connectivity index is 2.69. The summed E-state index contributed by atoms with van der Waals surface area (Å²) in [5.74, 6) is -0.349. The minimum atomic E-state index is -0.453. The molecule has 0 radical (unpaired) electrons. The van der Waals surface area contributed by atoms with Gasteiger partial charge in [0.2, 0.25) is 0 Å². The van der Waals surface area contributed by atoms with E-state index in [2.05, 4.69) is 0 Å². The van der Waals surface area contributed by atoms with Crippen molar-refractivity contribution in [1.82, 2.24) is 0 Å². The molecule has 2 N–H and O–H groups in total. The highest BCUT2D eigenvalue weighted by atomic mass is 19.1. The highest BCUT2D eigenvalue weighted by molar-refractivity contribution is 5.71. The number of rotatable bonds is 6. The first-order chi connectivity index (χ1) is 8.88. The Morgan fingerprint density at radius 1 is 1.37 bits per heavy atom. The molecule has 0 aliphatic rings. The zero-order chi connectivity index (χ0) is 14.4. The molecule has 1 atom stereocenters. The van der Waals surface area contributed by atoms with Crippen LogP contribution >= 0.6 is 0 Å². The van der Waals surface area contributed by atoms with E-state index in [-0.39, 0.29) is 24.6 Å². The minimum absolute atomic E-state index is 0.119. The zero-order valence-corrected chi connectivity index (χ0v) is 11.5. The van der Waals surface area contributed by atoms with Crippen LogP contribution in [-0.4, -0.2) is 24.7 Å². The third kappa shape index (κ3) is 5.70. The second-order valence-corrected chi connectivity index (χ2v) is 4.76. The van der Waals surface area contributed by atoms with Crippen molar-refractivity contribution < 1.29 is 18.7 Å². The summed E-state index contributed by atoms with van der Waals surface area (Å²) < 4.78 is 23.5. The van der Waals surface area contributed by atoms with Gasteiger partial charge in [-0.15, -0.1) is 0 Å². The summed E-state index contributed by atoms with van der Waals surface area (Å²) in [7, 11) is 0. The lowest BCUT2D eigenvalue weighted by atomic mass is 10.1. The van der Waals surface area contributed by atoms with Crippen molar-refractivity contribution in [3.8, 4) is 5.75 Å². The SMILES string of the molecule is CC(N)Cc1cc(F)ccc1OCC(=O)OC(C)C. The van der Waals surface area contributed by atoms with Gasteiger partial charge in [-0.2, -0.15) is 0 Å². The van der Waals surface area contributed by atoms with Crippen LogP contribution in [0.5, 0.6) is 5.75 Å². The summed E-state index contributed by atoms with van der Waals surface area (Å²) in [6.45, 7) is 5.14. The third-order valence-corrected chi connectivity index (χ3v) is 2.28. The van der Waals surface area contributed by atoms with Crippen LogP contribution in [0.15, 0.2) is 18.2 Å². The van der Waals surface area contributed by atoms with E-state index >= 15 is 0 Å². The van der Waals surface area contributed by atoms with E-state index in [1.165, 1.54) is 18.2 Å². The molecule has 0 bridgehead atoms. The first kappa shape index (κ1) is 15.4. The predicted octanol–water partition coefficient (Wildman–Crippen LogP) is 2.05. The molecule has 19 heavy (non-hydrogen) atoms. The molecule has 0 aromatic heterocycles. The van der Waals surface area contributed by atoms with Crippen molar-refractivity contribution in [2.75, 3.05) is 6.61 Å². The number of hydrogen-bond acceptors (Lipinski definition) is 4. The van der Waals surface area contributed by atoms with E-state index < -0.39 is 5.97 Å². The van der Waals surface area contributed by atoms with Crippen molar-refractivity contribution in [3.05, 3.63) is 29.6 Å². The molecule has 0 fully saturated rings. The Morgan fingerprint density at radius 2 is 2.05 bits per heavy atom. The zero-order valence-electron chi connectivity index (χ0n) is 11.5. The van der Waals surface area contributed by atoms with Crippen LogP contribution in [-0.2, 0) is 16.0 Å². The topological polar surface area (TPSA) is 61.5 Å². The molecule has 5 heteroatoms. The molecule has 0 amide bonds. The van der Waals surface area contributed by atoms with Crippen molar-refractivity contribution in [2.24, 2.45) is 5.73 Å². The van der Waals surface area contributed by atoms with E-state index in [1.54, 1.807) is 13.8 Å². The Morgan fingerprint density at radius 3 is 2.63 bits per heavy atom. The largest absolute Gasteiger partial charge is 0.482 e. The maximum absolute atomic E-state index is 13.2. The summed E-state index contributed by atoms with van der Waals surface area (Å²) in [5, 5.41) is 0. The molecule has 1 aromatic rings. The van der Waals surface area contributed by atoms with Gasteiger partial charge in [0.15, 0.2) is 6.61 Å². The van der Waals surface area contributed by atoms with Crippen LogP contribution in [0.25, 0.3) is 0 Å². The van der Waals surface area contributed by atoms with Gasteiger partial charge in [0.05, 0.1) is 6.10 Å². The maximum Gasteiger partial charge on any atom is 0.344 e. The van der Waals surface area contributed by atoms with Crippen molar-refractivity contribution in [1.29, 1.82) is 0 Å². The fourth-order valence-electron chi connectivity index (χ4n) is 1.63. The molecular weight excluding hydrogens is 249 g/mol. The maximum atomic E-state index is 13.2. The number of halogens is 1. The Bertz CT molecular complexity index is 433. The number of esters is 1. The van der Waals surface area contributed by atoms with Gasteiger partial charge in [-0.25, -0.2) is 9.18 Å². The monoisotopic (exact) mass is 269 g/mol. The predicted molar refractivity (Wildman–Crippen MR) is 70.5 cm³/mol. The normalized spacial score (nSPS) is 12.3. The highest BCUT2D eigenvalue weighted by Gasteiger charge is 2.11. The van der Waals surface area contributed by atoms with E-state index in [4.69, 9.17) is 15.2 Å². The first-order valence-electron chi connectivity index (χ1n) is 6.24. The summed E-state index contributed by atoms with van der Waals surface area (Å²) in [5.41, 5.74) is 6.34. The number of hydrogen-bond donors (Lipinski definition) is 1. The second kappa shape index (κ2) is 7.09. The average Bonchev–Trinajstić information content (AvgIpc) is 2.26. The van der Waals surface area contributed by atoms with E-state index in [1.807, 2.05) is 6.92 Å². The number of carbonyl (C=O) groups is 1. The first-order valence-corrected chi connectivity index (χ1v) is 6.24. The van der Waals surface area contributed by atoms with Gasteiger partial charge in [-0.1, -0.05) is 0 Å². The lowest BCUT2D eigenvalue weighted by Crippen LogP contribution is -2.21. The quantitative estimate of drug-likeness (QED) is 0.803. The molecule has 0 spiro atoms. The van der Waals surface area contributed by atoms with Gasteiger partial charge < -0.3 is 15.2 Å². The number of carbonyl (C=O) groups excluding carboxylic acids is 1. The smallest absolute Gasteiger partial charge is 0.344 e. The van der Waals surface area contributed by atoms with Gasteiger partial charge >= 0.3 is 5.97 Å². The second-order valence-electron chi connectivity index (χ2n) is 4.76. The number of ether oxygens (including phenoxy) is 2. The molecular formula is C14H20FNO3. The Kier molecular flexibility index (Phi) is 5.76. The molecule has 0 aliphatic heterocycles.